The highest BCUT2D eigenvalue weighted by Gasteiger charge is 2.07. The Morgan fingerprint density at radius 3 is 2.38 bits per heavy atom. The van der Waals surface area contributed by atoms with Crippen LogP contribution in [0, 0.1) is 27.7 Å². The average molecular weight is 175 g/mol. The van der Waals surface area contributed by atoms with E-state index in [2.05, 4.69) is 21.3 Å². The summed E-state index contributed by atoms with van der Waals surface area (Å²) < 4.78 is 2.10. The molecule has 0 saturated carbocycles. The van der Waals surface area contributed by atoms with Crippen LogP contribution in [0.15, 0.2) is 6.20 Å². The van der Waals surface area contributed by atoms with Crippen molar-refractivity contribution >= 4 is 5.65 Å². The van der Waals surface area contributed by atoms with Crippen molar-refractivity contribution in [1.29, 1.82) is 0 Å². The first-order chi connectivity index (χ1) is 6.09. The van der Waals surface area contributed by atoms with Gasteiger partial charge in [-0.2, -0.15) is 0 Å². The Kier molecular flexibility index (Phi) is 1.62. The van der Waals surface area contributed by atoms with Crippen LogP contribution in [0.4, 0.5) is 0 Å². The quantitative estimate of drug-likeness (QED) is 0.612. The van der Waals surface area contributed by atoms with Crippen LogP contribution >= 0.6 is 0 Å². The number of fused-ring (bicyclic) bond motifs is 1. The predicted octanol–water partition coefficient (Wildman–Crippen LogP) is 1.96. The molecular formula is C10H13N3. The summed E-state index contributed by atoms with van der Waals surface area (Å²) in [4.78, 5) is 8.83. The fourth-order valence-corrected chi connectivity index (χ4v) is 1.57. The normalized spacial score (nSPS) is 11.1. The first-order valence-electron chi connectivity index (χ1n) is 4.39. The first-order valence-corrected chi connectivity index (χ1v) is 4.39. The zero-order chi connectivity index (χ0) is 9.59. The van der Waals surface area contributed by atoms with Crippen LogP contribution in [0.25, 0.3) is 5.65 Å². The standard InChI is InChI=1S/C10H13N3/c1-6-5-13-9(4)7(2)12-10(13)8(3)11-6/h5H,1-4H3. The first kappa shape index (κ1) is 8.23. The lowest BCUT2D eigenvalue weighted by molar-refractivity contribution is 1.000. The Hall–Kier alpha value is -1.38. The van der Waals surface area contributed by atoms with Crippen LogP contribution in [-0.2, 0) is 0 Å². The third-order valence-corrected chi connectivity index (χ3v) is 2.37. The largest absolute Gasteiger partial charge is 0.301 e. The minimum absolute atomic E-state index is 0.973. The summed E-state index contributed by atoms with van der Waals surface area (Å²) >= 11 is 0. The molecule has 3 heteroatoms. The number of aryl methyl sites for hydroxylation is 4. The third-order valence-electron chi connectivity index (χ3n) is 2.37. The van der Waals surface area contributed by atoms with E-state index in [9.17, 15) is 0 Å². The summed E-state index contributed by atoms with van der Waals surface area (Å²) in [6, 6.07) is 0. The van der Waals surface area contributed by atoms with Crippen molar-refractivity contribution in [2.45, 2.75) is 27.7 Å². The molecule has 2 heterocycles. The SMILES string of the molecule is Cc1cn2c(C)c(C)nc2c(C)n1. The fourth-order valence-electron chi connectivity index (χ4n) is 1.57. The minimum atomic E-state index is 0.973. The lowest BCUT2D eigenvalue weighted by Crippen LogP contribution is -1.95. The molecule has 0 amide bonds. The molecule has 0 saturated heterocycles. The molecule has 2 aromatic heterocycles. The number of rotatable bonds is 0. The molecule has 2 aromatic rings. The van der Waals surface area contributed by atoms with Crippen LogP contribution < -0.4 is 0 Å². The molecule has 0 fully saturated rings. The van der Waals surface area contributed by atoms with Crippen LogP contribution in [0.2, 0.25) is 0 Å². The molecule has 0 aliphatic heterocycles. The van der Waals surface area contributed by atoms with Gasteiger partial charge in [-0.1, -0.05) is 0 Å². The summed E-state index contributed by atoms with van der Waals surface area (Å²) in [5.74, 6) is 0. The summed E-state index contributed by atoms with van der Waals surface area (Å²) in [7, 11) is 0. The van der Waals surface area contributed by atoms with Gasteiger partial charge in [0.1, 0.15) is 0 Å². The van der Waals surface area contributed by atoms with Crippen LogP contribution in [0.1, 0.15) is 22.8 Å². The van der Waals surface area contributed by atoms with Crippen LogP contribution in [0.5, 0.6) is 0 Å². The van der Waals surface area contributed by atoms with Crippen molar-refractivity contribution in [3.8, 4) is 0 Å². The van der Waals surface area contributed by atoms with E-state index < -0.39 is 0 Å². The van der Waals surface area contributed by atoms with Gasteiger partial charge in [0, 0.05) is 11.9 Å². The molecule has 2 rings (SSSR count). The summed E-state index contributed by atoms with van der Waals surface area (Å²) in [6.07, 6.45) is 2.03. The van der Waals surface area contributed by atoms with Gasteiger partial charge in [-0.3, -0.25) is 4.98 Å². The number of hydrogen-bond acceptors (Lipinski definition) is 2. The Morgan fingerprint density at radius 2 is 1.69 bits per heavy atom. The summed E-state index contributed by atoms with van der Waals surface area (Å²) in [5.41, 5.74) is 5.28. The fraction of sp³-hybridized carbons (Fsp3) is 0.400. The van der Waals surface area contributed by atoms with E-state index in [4.69, 9.17) is 0 Å². The van der Waals surface area contributed by atoms with Gasteiger partial charge in [0.05, 0.1) is 17.1 Å². The van der Waals surface area contributed by atoms with E-state index in [1.807, 2.05) is 27.0 Å². The molecule has 13 heavy (non-hydrogen) atoms. The molecular weight excluding hydrogens is 162 g/mol. The second-order valence-corrected chi connectivity index (χ2v) is 3.44. The Balaban J connectivity index is 2.94. The highest BCUT2D eigenvalue weighted by Crippen LogP contribution is 2.13. The van der Waals surface area contributed by atoms with Gasteiger partial charge in [-0.15, -0.1) is 0 Å². The molecule has 0 bridgehead atoms. The van der Waals surface area contributed by atoms with E-state index in [0.717, 1.165) is 22.7 Å². The number of aromatic nitrogens is 3. The van der Waals surface area contributed by atoms with E-state index in [1.165, 1.54) is 5.69 Å². The Bertz CT molecular complexity index is 468. The lowest BCUT2D eigenvalue weighted by atomic mass is 10.4. The number of imidazole rings is 1. The number of hydrogen-bond donors (Lipinski definition) is 0. The zero-order valence-electron chi connectivity index (χ0n) is 8.42. The highest BCUT2D eigenvalue weighted by atomic mass is 15.0. The van der Waals surface area contributed by atoms with E-state index in [-0.39, 0.29) is 0 Å². The lowest BCUT2D eigenvalue weighted by Gasteiger charge is -2.00. The molecule has 0 N–H and O–H groups in total. The van der Waals surface area contributed by atoms with Crippen molar-refractivity contribution in [3.05, 3.63) is 29.0 Å². The smallest absolute Gasteiger partial charge is 0.158 e. The topological polar surface area (TPSA) is 30.2 Å². The molecule has 68 valence electrons. The van der Waals surface area contributed by atoms with Crippen molar-refractivity contribution in [1.82, 2.24) is 14.4 Å². The Labute approximate surface area is 77.4 Å². The van der Waals surface area contributed by atoms with Crippen molar-refractivity contribution in [3.63, 3.8) is 0 Å². The summed E-state index contributed by atoms with van der Waals surface area (Å²) in [5, 5.41) is 0. The van der Waals surface area contributed by atoms with E-state index >= 15 is 0 Å². The van der Waals surface area contributed by atoms with Gasteiger partial charge in [0.2, 0.25) is 0 Å². The monoisotopic (exact) mass is 175 g/mol. The second-order valence-electron chi connectivity index (χ2n) is 3.44. The molecule has 0 atom stereocenters. The van der Waals surface area contributed by atoms with Crippen LogP contribution in [0.3, 0.4) is 0 Å². The maximum absolute atomic E-state index is 4.45. The minimum Gasteiger partial charge on any atom is -0.301 e. The van der Waals surface area contributed by atoms with Gasteiger partial charge in [0.15, 0.2) is 5.65 Å². The molecule has 0 unspecified atom stereocenters. The Morgan fingerprint density at radius 1 is 1.00 bits per heavy atom. The zero-order valence-corrected chi connectivity index (χ0v) is 8.42. The van der Waals surface area contributed by atoms with E-state index in [1.54, 1.807) is 0 Å². The van der Waals surface area contributed by atoms with Gasteiger partial charge >= 0.3 is 0 Å². The van der Waals surface area contributed by atoms with E-state index in [0.29, 0.717) is 0 Å². The van der Waals surface area contributed by atoms with Gasteiger partial charge in [-0.25, -0.2) is 4.98 Å². The van der Waals surface area contributed by atoms with Crippen LogP contribution in [-0.4, -0.2) is 14.4 Å². The average Bonchev–Trinajstić information content (AvgIpc) is 2.32. The maximum atomic E-state index is 4.45. The molecule has 3 nitrogen and oxygen atoms in total. The van der Waals surface area contributed by atoms with Gasteiger partial charge in [0.25, 0.3) is 0 Å². The molecule has 0 spiro atoms. The van der Waals surface area contributed by atoms with Gasteiger partial charge < -0.3 is 4.40 Å². The molecule has 0 aromatic carbocycles. The second kappa shape index (κ2) is 2.55. The number of nitrogens with zero attached hydrogens (tertiary/aromatic N) is 3. The van der Waals surface area contributed by atoms with Crippen molar-refractivity contribution in [2.24, 2.45) is 0 Å². The molecule has 0 aliphatic carbocycles. The molecule has 0 aliphatic rings. The predicted molar refractivity (Wildman–Crippen MR) is 51.9 cm³/mol. The third kappa shape index (κ3) is 1.11. The van der Waals surface area contributed by atoms with Crippen molar-refractivity contribution < 1.29 is 0 Å². The molecule has 0 radical (unpaired) electrons. The maximum Gasteiger partial charge on any atom is 0.158 e. The summed E-state index contributed by atoms with van der Waals surface area (Å²) in [6.45, 7) is 8.10. The van der Waals surface area contributed by atoms with Crippen molar-refractivity contribution in [2.75, 3.05) is 0 Å². The highest BCUT2D eigenvalue weighted by molar-refractivity contribution is 5.47. The van der Waals surface area contributed by atoms with Gasteiger partial charge in [-0.05, 0) is 27.7 Å².